The van der Waals surface area contributed by atoms with Crippen LogP contribution in [0.25, 0.3) is 0 Å². The molecule has 7 nitrogen and oxygen atoms in total. The van der Waals surface area contributed by atoms with Crippen LogP contribution in [-0.4, -0.2) is 69.4 Å². The summed E-state index contributed by atoms with van der Waals surface area (Å²) in [5.74, 6) is 1.46. The molecule has 0 bridgehead atoms. The van der Waals surface area contributed by atoms with Crippen LogP contribution in [0.3, 0.4) is 0 Å². The zero-order valence-corrected chi connectivity index (χ0v) is 20.7. The Morgan fingerprint density at radius 3 is 2.33 bits per heavy atom. The Labute approximate surface area is 183 Å². The van der Waals surface area contributed by atoms with E-state index in [0.717, 1.165) is 38.4 Å². The summed E-state index contributed by atoms with van der Waals surface area (Å²) in [6.07, 6.45) is 2.73. The van der Waals surface area contributed by atoms with Gasteiger partial charge >= 0.3 is 0 Å². The fourth-order valence-corrected chi connectivity index (χ4v) is 4.23. The van der Waals surface area contributed by atoms with Gasteiger partial charge in [0, 0.05) is 38.8 Å². The molecule has 0 aromatic carbocycles. The van der Waals surface area contributed by atoms with Gasteiger partial charge in [0.15, 0.2) is 5.96 Å². The molecule has 0 saturated carbocycles. The molecule has 0 amide bonds. The number of ether oxygens (including phenoxy) is 1. The van der Waals surface area contributed by atoms with E-state index in [0.29, 0.717) is 25.6 Å². The van der Waals surface area contributed by atoms with Gasteiger partial charge in [-0.05, 0) is 46.0 Å². The van der Waals surface area contributed by atoms with E-state index >= 15 is 0 Å². The summed E-state index contributed by atoms with van der Waals surface area (Å²) in [6, 6.07) is 0.254. The molecule has 0 aromatic rings. The maximum Gasteiger partial charge on any atom is 0.213 e. The summed E-state index contributed by atoms with van der Waals surface area (Å²) in [5, 5.41) is 6.74. The molecule has 1 fully saturated rings. The van der Waals surface area contributed by atoms with Crippen LogP contribution in [0.15, 0.2) is 4.99 Å². The summed E-state index contributed by atoms with van der Waals surface area (Å²) >= 11 is 0. The van der Waals surface area contributed by atoms with Crippen LogP contribution in [0.4, 0.5) is 0 Å². The Hall–Kier alpha value is -0.130. The van der Waals surface area contributed by atoms with Crippen molar-refractivity contribution in [2.24, 2.45) is 10.9 Å². The van der Waals surface area contributed by atoms with Crippen molar-refractivity contribution < 1.29 is 13.2 Å². The minimum absolute atomic E-state index is 0. The summed E-state index contributed by atoms with van der Waals surface area (Å²) in [7, 11) is -3.07. The quantitative estimate of drug-likeness (QED) is 0.264. The van der Waals surface area contributed by atoms with E-state index < -0.39 is 10.0 Å². The van der Waals surface area contributed by atoms with Gasteiger partial charge in [0.1, 0.15) is 0 Å². The Bertz CT molecular complexity index is 521. The second-order valence-corrected chi connectivity index (χ2v) is 9.26. The van der Waals surface area contributed by atoms with E-state index in [1.54, 1.807) is 11.2 Å². The predicted molar refractivity (Wildman–Crippen MR) is 123 cm³/mol. The van der Waals surface area contributed by atoms with Crippen LogP contribution in [0.5, 0.6) is 0 Å². The SMILES string of the molecule is CCNC(=NCCC(OCC)C(C)C)NC1CCN(S(=O)(=O)CC)CC1.I. The zero-order chi connectivity index (χ0) is 19.6. The second-order valence-electron chi connectivity index (χ2n) is 7.01. The van der Waals surface area contributed by atoms with Crippen LogP contribution in [0, 0.1) is 5.92 Å². The Balaban J connectivity index is 0.00000676. The molecule has 0 aliphatic carbocycles. The minimum atomic E-state index is -3.07. The normalized spacial score (nSPS) is 18.2. The lowest BCUT2D eigenvalue weighted by Crippen LogP contribution is -2.50. The van der Waals surface area contributed by atoms with Crippen molar-refractivity contribution in [3.05, 3.63) is 0 Å². The first-order valence-electron chi connectivity index (χ1n) is 9.98. The molecular formula is C18H39IN4O3S. The van der Waals surface area contributed by atoms with Gasteiger partial charge in [-0.15, -0.1) is 24.0 Å². The van der Waals surface area contributed by atoms with Gasteiger partial charge in [-0.25, -0.2) is 12.7 Å². The first-order valence-corrected chi connectivity index (χ1v) is 11.6. The molecule has 0 aromatic heterocycles. The number of piperidine rings is 1. The van der Waals surface area contributed by atoms with Crippen molar-refractivity contribution in [1.82, 2.24) is 14.9 Å². The number of sulfonamides is 1. The molecule has 1 atom stereocenters. The van der Waals surface area contributed by atoms with Crippen molar-refractivity contribution in [3.8, 4) is 0 Å². The lowest BCUT2D eigenvalue weighted by molar-refractivity contribution is 0.0266. The van der Waals surface area contributed by atoms with Gasteiger partial charge < -0.3 is 15.4 Å². The van der Waals surface area contributed by atoms with Gasteiger partial charge in [0.2, 0.25) is 10.0 Å². The summed E-state index contributed by atoms with van der Waals surface area (Å²) < 4.78 is 31.3. The fraction of sp³-hybridized carbons (Fsp3) is 0.944. The molecule has 1 rings (SSSR count). The van der Waals surface area contributed by atoms with Gasteiger partial charge in [-0.3, -0.25) is 4.99 Å². The van der Waals surface area contributed by atoms with Crippen LogP contribution in [-0.2, 0) is 14.8 Å². The zero-order valence-electron chi connectivity index (χ0n) is 17.5. The van der Waals surface area contributed by atoms with Crippen LogP contribution in [0.2, 0.25) is 0 Å². The highest BCUT2D eigenvalue weighted by molar-refractivity contribution is 14.0. The van der Waals surface area contributed by atoms with Crippen molar-refractivity contribution >= 4 is 40.0 Å². The standard InChI is InChI=1S/C18H38N4O3S.HI/c1-6-19-18(20-12-9-17(15(4)5)25-7-2)21-16-10-13-22(14-11-16)26(23,24)8-3;/h15-17H,6-14H2,1-5H3,(H2,19,20,21);1H. The topological polar surface area (TPSA) is 83.0 Å². The number of nitrogens with zero attached hydrogens (tertiary/aromatic N) is 2. The van der Waals surface area contributed by atoms with E-state index in [2.05, 4.69) is 29.5 Å². The van der Waals surface area contributed by atoms with Gasteiger partial charge in [-0.2, -0.15) is 0 Å². The Kier molecular flexibility index (Phi) is 13.9. The third-order valence-corrected chi connectivity index (χ3v) is 6.59. The maximum atomic E-state index is 12.0. The first kappa shape index (κ1) is 26.9. The van der Waals surface area contributed by atoms with E-state index in [9.17, 15) is 8.42 Å². The van der Waals surface area contributed by atoms with Crippen molar-refractivity contribution in [2.45, 2.75) is 66.0 Å². The molecule has 0 radical (unpaired) electrons. The van der Waals surface area contributed by atoms with Gasteiger partial charge in [0.25, 0.3) is 0 Å². The second kappa shape index (κ2) is 13.9. The highest BCUT2D eigenvalue weighted by atomic mass is 127. The van der Waals surface area contributed by atoms with Crippen molar-refractivity contribution in [2.75, 3.05) is 38.5 Å². The van der Waals surface area contributed by atoms with Gasteiger partial charge in [0.05, 0.1) is 11.9 Å². The lowest BCUT2D eigenvalue weighted by atomic mass is 10.0. The number of aliphatic imine (C=N–C) groups is 1. The number of hydrogen-bond acceptors (Lipinski definition) is 4. The molecule has 1 saturated heterocycles. The van der Waals surface area contributed by atoms with Crippen LogP contribution < -0.4 is 10.6 Å². The van der Waals surface area contributed by atoms with Crippen LogP contribution in [0.1, 0.15) is 53.9 Å². The van der Waals surface area contributed by atoms with E-state index in [1.165, 1.54) is 0 Å². The molecule has 162 valence electrons. The summed E-state index contributed by atoms with van der Waals surface area (Å²) in [4.78, 5) is 4.68. The highest BCUT2D eigenvalue weighted by Gasteiger charge is 2.27. The van der Waals surface area contributed by atoms with Crippen molar-refractivity contribution in [1.29, 1.82) is 0 Å². The molecule has 2 N–H and O–H groups in total. The van der Waals surface area contributed by atoms with Crippen molar-refractivity contribution in [3.63, 3.8) is 0 Å². The Morgan fingerprint density at radius 2 is 1.85 bits per heavy atom. The third kappa shape index (κ3) is 9.76. The number of halogens is 1. The largest absolute Gasteiger partial charge is 0.378 e. The van der Waals surface area contributed by atoms with E-state index in [4.69, 9.17) is 4.74 Å². The predicted octanol–water partition coefficient (Wildman–Crippen LogP) is 2.42. The molecule has 0 spiro atoms. The monoisotopic (exact) mass is 518 g/mol. The lowest BCUT2D eigenvalue weighted by Gasteiger charge is -2.32. The number of hydrogen-bond donors (Lipinski definition) is 2. The molecule has 1 aliphatic heterocycles. The molecule has 27 heavy (non-hydrogen) atoms. The Morgan fingerprint density at radius 1 is 1.22 bits per heavy atom. The fourth-order valence-electron chi connectivity index (χ4n) is 3.10. The van der Waals surface area contributed by atoms with E-state index in [-0.39, 0.29) is 41.9 Å². The average Bonchev–Trinajstić information content (AvgIpc) is 2.61. The highest BCUT2D eigenvalue weighted by Crippen LogP contribution is 2.14. The number of guanidine groups is 1. The molecule has 1 unspecified atom stereocenters. The first-order chi connectivity index (χ1) is 12.3. The summed E-state index contributed by atoms with van der Waals surface area (Å²) in [6.45, 7) is 13.5. The smallest absolute Gasteiger partial charge is 0.213 e. The number of nitrogens with one attached hydrogen (secondary N) is 2. The summed E-state index contributed by atoms with van der Waals surface area (Å²) in [5.41, 5.74) is 0. The molecule has 9 heteroatoms. The molecule has 1 aliphatic rings. The number of rotatable bonds is 10. The maximum absolute atomic E-state index is 12.0. The molecule has 1 heterocycles. The molecular weight excluding hydrogens is 479 g/mol. The average molecular weight is 519 g/mol. The van der Waals surface area contributed by atoms with Gasteiger partial charge in [-0.1, -0.05) is 13.8 Å². The van der Waals surface area contributed by atoms with E-state index in [1.807, 2.05) is 13.8 Å². The van der Waals surface area contributed by atoms with Crippen LogP contribution >= 0.6 is 24.0 Å². The third-order valence-electron chi connectivity index (χ3n) is 4.71. The minimum Gasteiger partial charge on any atom is -0.378 e.